The van der Waals surface area contributed by atoms with Gasteiger partial charge in [-0.25, -0.2) is 0 Å². The topological polar surface area (TPSA) is 43.9 Å². The number of benzene rings is 1. The van der Waals surface area contributed by atoms with E-state index in [1.807, 2.05) is 28.0 Å². The van der Waals surface area contributed by atoms with Crippen LogP contribution in [-0.4, -0.2) is 72.3 Å². The normalized spacial score (nSPS) is 19.6. The maximum atomic E-state index is 12.8. The molecule has 25 heavy (non-hydrogen) atoms. The molecule has 0 atom stereocenters. The van der Waals surface area contributed by atoms with Gasteiger partial charge in [0.1, 0.15) is 0 Å². The molecule has 0 radical (unpaired) electrons. The van der Waals surface area contributed by atoms with Crippen LogP contribution in [0.1, 0.15) is 53.3 Å². The highest BCUT2D eigenvalue weighted by Crippen LogP contribution is 2.16. The lowest BCUT2D eigenvalue weighted by Gasteiger charge is -2.34. The van der Waals surface area contributed by atoms with Gasteiger partial charge in [0.15, 0.2) is 0 Å². The summed E-state index contributed by atoms with van der Waals surface area (Å²) in [5.74, 6) is 0.105. The molecule has 1 aromatic rings. The van der Waals surface area contributed by atoms with Crippen LogP contribution in [0.15, 0.2) is 24.3 Å². The molecule has 3 rings (SSSR count). The summed E-state index contributed by atoms with van der Waals surface area (Å²) in [5.41, 5.74) is 1.27. The molecule has 0 unspecified atom stereocenters. The van der Waals surface area contributed by atoms with E-state index in [9.17, 15) is 9.59 Å². The SMILES string of the molecule is CCN1CCN(C(=O)c2cccc(C(=O)N3CCCCCC3)c2)CC1. The summed E-state index contributed by atoms with van der Waals surface area (Å²) in [6.07, 6.45) is 4.55. The minimum absolute atomic E-state index is 0.0428. The largest absolute Gasteiger partial charge is 0.339 e. The minimum atomic E-state index is 0.0428. The van der Waals surface area contributed by atoms with Crippen molar-refractivity contribution >= 4 is 11.8 Å². The van der Waals surface area contributed by atoms with E-state index in [1.165, 1.54) is 12.8 Å². The van der Waals surface area contributed by atoms with Crippen LogP contribution < -0.4 is 0 Å². The fraction of sp³-hybridized carbons (Fsp3) is 0.600. The van der Waals surface area contributed by atoms with Crippen LogP contribution in [0, 0.1) is 0 Å². The average Bonchev–Trinajstić information content (AvgIpc) is 2.96. The van der Waals surface area contributed by atoms with Crippen molar-refractivity contribution in [3.63, 3.8) is 0 Å². The van der Waals surface area contributed by atoms with E-state index in [-0.39, 0.29) is 11.8 Å². The minimum Gasteiger partial charge on any atom is -0.339 e. The van der Waals surface area contributed by atoms with Crippen LogP contribution in [0.25, 0.3) is 0 Å². The third-order valence-corrected chi connectivity index (χ3v) is 5.36. The standard InChI is InChI=1S/C20H29N3O2/c1-2-21-12-14-23(15-13-21)20(25)18-9-7-8-17(16-18)19(24)22-10-5-3-4-6-11-22/h7-9,16H,2-6,10-15H2,1H3. The van der Waals surface area contributed by atoms with E-state index in [4.69, 9.17) is 0 Å². The molecule has 136 valence electrons. The molecule has 0 bridgehead atoms. The summed E-state index contributed by atoms with van der Waals surface area (Å²) in [5, 5.41) is 0. The first kappa shape index (κ1) is 17.9. The second-order valence-corrected chi connectivity index (χ2v) is 7.01. The number of carbonyl (C=O) groups is 2. The van der Waals surface area contributed by atoms with Crippen LogP contribution in [0.4, 0.5) is 0 Å². The molecule has 1 aromatic carbocycles. The van der Waals surface area contributed by atoms with E-state index < -0.39 is 0 Å². The van der Waals surface area contributed by atoms with Gasteiger partial charge < -0.3 is 14.7 Å². The van der Waals surface area contributed by atoms with Crippen LogP contribution in [0.3, 0.4) is 0 Å². The Hall–Kier alpha value is -1.88. The fourth-order valence-electron chi connectivity index (χ4n) is 3.69. The Kier molecular flexibility index (Phi) is 6.08. The number of rotatable bonds is 3. The Morgan fingerprint density at radius 2 is 1.32 bits per heavy atom. The Labute approximate surface area is 150 Å². The van der Waals surface area contributed by atoms with E-state index >= 15 is 0 Å². The van der Waals surface area contributed by atoms with Gasteiger partial charge in [0.05, 0.1) is 0 Å². The summed E-state index contributed by atoms with van der Waals surface area (Å²) in [7, 11) is 0. The maximum Gasteiger partial charge on any atom is 0.253 e. The van der Waals surface area contributed by atoms with Crippen LogP contribution in [0.5, 0.6) is 0 Å². The van der Waals surface area contributed by atoms with Gasteiger partial charge in [0.25, 0.3) is 11.8 Å². The van der Waals surface area contributed by atoms with E-state index in [2.05, 4.69) is 11.8 Å². The molecule has 2 heterocycles. The summed E-state index contributed by atoms with van der Waals surface area (Å²) in [4.78, 5) is 31.8. The number of likely N-dealkylation sites (tertiary alicyclic amines) is 1. The molecule has 0 spiro atoms. The number of piperazine rings is 1. The molecule has 2 saturated heterocycles. The Balaban J connectivity index is 1.68. The fourth-order valence-corrected chi connectivity index (χ4v) is 3.69. The van der Waals surface area contributed by atoms with E-state index in [0.29, 0.717) is 11.1 Å². The van der Waals surface area contributed by atoms with Crippen molar-refractivity contribution in [2.24, 2.45) is 0 Å². The molecule has 0 saturated carbocycles. The molecule has 2 fully saturated rings. The van der Waals surface area contributed by atoms with Crippen molar-refractivity contribution in [3.05, 3.63) is 35.4 Å². The third-order valence-electron chi connectivity index (χ3n) is 5.36. The third kappa shape index (κ3) is 4.40. The highest BCUT2D eigenvalue weighted by molar-refractivity contribution is 5.99. The number of nitrogens with zero attached hydrogens (tertiary/aromatic N) is 3. The van der Waals surface area contributed by atoms with Gasteiger partial charge >= 0.3 is 0 Å². The Morgan fingerprint density at radius 1 is 0.800 bits per heavy atom. The van der Waals surface area contributed by atoms with E-state index in [1.54, 1.807) is 6.07 Å². The monoisotopic (exact) mass is 343 g/mol. The van der Waals surface area contributed by atoms with Crippen molar-refractivity contribution in [1.82, 2.24) is 14.7 Å². The van der Waals surface area contributed by atoms with Gasteiger partial charge in [-0.2, -0.15) is 0 Å². The Bertz CT molecular complexity index is 601. The van der Waals surface area contributed by atoms with Gasteiger partial charge in [0.2, 0.25) is 0 Å². The van der Waals surface area contributed by atoms with Crippen LogP contribution in [-0.2, 0) is 0 Å². The molecule has 2 amide bonds. The van der Waals surface area contributed by atoms with Crippen molar-refractivity contribution in [3.8, 4) is 0 Å². The smallest absolute Gasteiger partial charge is 0.253 e. The number of hydrogen-bond donors (Lipinski definition) is 0. The van der Waals surface area contributed by atoms with Crippen molar-refractivity contribution in [1.29, 1.82) is 0 Å². The zero-order chi connectivity index (χ0) is 17.6. The lowest BCUT2D eigenvalue weighted by Crippen LogP contribution is -2.48. The summed E-state index contributed by atoms with van der Waals surface area (Å²) < 4.78 is 0. The second-order valence-electron chi connectivity index (χ2n) is 7.01. The predicted molar refractivity (Wildman–Crippen MR) is 98.8 cm³/mol. The molecule has 2 aliphatic rings. The van der Waals surface area contributed by atoms with Crippen LogP contribution in [0.2, 0.25) is 0 Å². The Morgan fingerprint density at radius 3 is 1.84 bits per heavy atom. The first-order valence-electron chi connectivity index (χ1n) is 9.60. The van der Waals surface area contributed by atoms with Gasteiger partial charge in [-0.15, -0.1) is 0 Å². The van der Waals surface area contributed by atoms with Gasteiger partial charge in [-0.05, 0) is 37.6 Å². The van der Waals surface area contributed by atoms with Crippen molar-refractivity contribution in [2.75, 3.05) is 45.8 Å². The number of carbonyl (C=O) groups excluding carboxylic acids is 2. The number of hydrogen-bond acceptors (Lipinski definition) is 3. The lowest BCUT2D eigenvalue weighted by molar-refractivity contribution is 0.0643. The summed E-state index contributed by atoms with van der Waals surface area (Å²) in [6, 6.07) is 7.27. The number of likely N-dealkylation sites (N-methyl/N-ethyl adjacent to an activating group) is 1. The van der Waals surface area contributed by atoms with Gasteiger partial charge in [-0.1, -0.05) is 25.8 Å². The maximum absolute atomic E-state index is 12.8. The molecule has 0 aromatic heterocycles. The van der Waals surface area contributed by atoms with E-state index in [0.717, 1.165) is 58.7 Å². The lowest BCUT2D eigenvalue weighted by atomic mass is 10.1. The van der Waals surface area contributed by atoms with Gasteiger partial charge in [0, 0.05) is 50.4 Å². The molecule has 0 aliphatic carbocycles. The molecule has 5 heteroatoms. The quantitative estimate of drug-likeness (QED) is 0.847. The molecule has 0 N–H and O–H groups in total. The van der Waals surface area contributed by atoms with Gasteiger partial charge in [-0.3, -0.25) is 9.59 Å². The predicted octanol–water partition coefficient (Wildman–Crippen LogP) is 2.48. The molecule has 2 aliphatic heterocycles. The highest BCUT2D eigenvalue weighted by atomic mass is 16.2. The van der Waals surface area contributed by atoms with Crippen molar-refractivity contribution in [2.45, 2.75) is 32.6 Å². The zero-order valence-corrected chi connectivity index (χ0v) is 15.2. The first-order chi connectivity index (χ1) is 12.2. The van der Waals surface area contributed by atoms with Crippen molar-refractivity contribution < 1.29 is 9.59 Å². The average molecular weight is 343 g/mol. The molecule has 5 nitrogen and oxygen atoms in total. The first-order valence-corrected chi connectivity index (χ1v) is 9.60. The zero-order valence-electron chi connectivity index (χ0n) is 15.2. The second kappa shape index (κ2) is 8.48. The molecular formula is C20H29N3O2. The highest BCUT2D eigenvalue weighted by Gasteiger charge is 2.23. The molecular weight excluding hydrogens is 314 g/mol. The number of amides is 2. The summed E-state index contributed by atoms with van der Waals surface area (Å²) in [6.45, 7) is 8.21. The summed E-state index contributed by atoms with van der Waals surface area (Å²) >= 11 is 0. The van der Waals surface area contributed by atoms with Crippen LogP contribution >= 0.6 is 0 Å².